The molecule has 0 saturated heterocycles. The van der Waals surface area contributed by atoms with Crippen molar-refractivity contribution in [3.8, 4) is 5.69 Å². The van der Waals surface area contributed by atoms with Crippen LogP contribution < -0.4 is 11.1 Å². The van der Waals surface area contributed by atoms with Gasteiger partial charge in [-0.2, -0.15) is 0 Å². The third-order valence-corrected chi connectivity index (χ3v) is 6.18. The molecule has 2 aromatic rings. The van der Waals surface area contributed by atoms with Gasteiger partial charge < -0.3 is 11.1 Å². The van der Waals surface area contributed by atoms with Crippen molar-refractivity contribution in [1.29, 1.82) is 0 Å². The Balaban J connectivity index is 0.00000210. The number of nitrogens with two attached hydrogens (primary N) is 1. The molecule has 1 aromatic heterocycles. The number of halogens is 2. The largest absolute Gasteiger partial charge is 0.347 e. The molecular weight excluding hydrogens is 385 g/mol. The Morgan fingerprint density at radius 3 is 2.59 bits per heavy atom. The number of nitrogens with one attached hydrogen (secondary N) is 1. The number of fused-ring (bicyclic) bond motifs is 2. The molecular formula is C19H25Cl2N5O. The predicted octanol–water partition coefficient (Wildman–Crippen LogP) is 3.29. The monoisotopic (exact) mass is 409 g/mol. The average molecular weight is 410 g/mol. The van der Waals surface area contributed by atoms with Crippen molar-refractivity contribution >= 4 is 29.9 Å². The lowest BCUT2D eigenvalue weighted by Crippen LogP contribution is -2.53. The van der Waals surface area contributed by atoms with Crippen LogP contribution in [0.1, 0.15) is 48.3 Å². The van der Waals surface area contributed by atoms with Gasteiger partial charge in [0.2, 0.25) is 0 Å². The topological polar surface area (TPSA) is 85.8 Å². The van der Waals surface area contributed by atoms with E-state index in [1.54, 1.807) is 10.7 Å². The van der Waals surface area contributed by atoms with Gasteiger partial charge >= 0.3 is 0 Å². The molecule has 2 atom stereocenters. The summed E-state index contributed by atoms with van der Waals surface area (Å²) in [5, 5.41) is 12.1. The van der Waals surface area contributed by atoms with Gasteiger partial charge in [0.05, 0.1) is 16.4 Å². The van der Waals surface area contributed by atoms with Gasteiger partial charge in [0.25, 0.3) is 5.91 Å². The molecule has 0 aliphatic heterocycles. The summed E-state index contributed by atoms with van der Waals surface area (Å²) < 4.78 is 1.62. The number of hydrogen-bond donors (Lipinski definition) is 2. The van der Waals surface area contributed by atoms with E-state index in [4.69, 9.17) is 17.3 Å². The first-order valence-electron chi connectivity index (χ1n) is 9.28. The third kappa shape index (κ3) is 3.84. The molecule has 0 radical (unpaired) electrons. The van der Waals surface area contributed by atoms with Gasteiger partial charge in [0.15, 0.2) is 5.69 Å². The Kier molecular flexibility index (Phi) is 6.08. The minimum absolute atomic E-state index is 0. The van der Waals surface area contributed by atoms with E-state index in [0.29, 0.717) is 28.2 Å². The Morgan fingerprint density at radius 2 is 1.93 bits per heavy atom. The molecule has 2 bridgehead atoms. The number of aromatic nitrogens is 3. The van der Waals surface area contributed by atoms with Crippen molar-refractivity contribution in [2.75, 3.05) is 0 Å². The number of carbonyl (C=O) groups excluding carboxylic acids is 1. The zero-order valence-corrected chi connectivity index (χ0v) is 16.8. The fourth-order valence-corrected chi connectivity index (χ4v) is 4.85. The van der Waals surface area contributed by atoms with Crippen molar-refractivity contribution in [2.24, 2.45) is 17.6 Å². The molecule has 2 unspecified atom stereocenters. The second-order valence-corrected chi connectivity index (χ2v) is 7.98. The number of benzene rings is 1. The molecule has 0 spiro atoms. The van der Waals surface area contributed by atoms with E-state index in [1.807, 2.05) is 25.1 Å². The van der Waals surface area contributed by atoms with Crippen LogP contribution in [-0.4, -0.2) is 33.0 Å². The summed E-state index contributed by atoms with van der Waals surface area (Å²) in [5.74, 6) is 0.791. The van der Waals surface area contributed by atoms with Crippen LogP contribution in [0.3, 0.4) is 0 Å². The number of rotatable bonds is 3. The molecule has 27 heavy (non-hydrogen) atoms. The molecule has 4 rings (SSSR count). The van der Waals surface area contributed by atoms with Crippen LogP contribution in [0, 0.1) is 18.8 Å². The van der Waals surface area contributed by atoms with Crippen molar-refractivity contribution in [2.45, 2.75) is 51.1 Å². The fraction of sp³-hybridized carbons (Fsp3) is 0.526. The summed E-state index contributed by atoms with van der Waals surface area (Å²) >= 11 is 6.25. The van der Waals surface area contributed by atoms with Crippen LogP contribution in [0.15, 0.2) is 24.3 Å². The lowest BCUT2D eigenvalue weighted by atomic mass is 9.67. The van der Waals surface area contributed by atoms with Gasteiger partial charge in [0.1, 0.15) is 0 Å². The molecule has 146 valence electrons. The fourth-order valence-electron chi connectivity index (χ4n) is 4.64. The summed E-state index contributed by atoms with van der Waals surface area (Å²) in [4.78, 5) is 12.9. The van der Waals surface area contributed by atoms with Crippen molar-refractivity contribution < 1.29 is 4.79 Å². The molecule has 2 aliphatic carbocycles. The smallest absolute Gasteiger partial charge is 0.274 e. The SMILES string of the molecule is Cc1c(C(=O)NC2C3CCCC2CC(N)C3)nnn1-c1ccccc1Cl.Cl. The van der Waals surface area contributed by atoms with Crippen molar-refractivity contribution in [3.05, 3.63) is 40.7 Å². The van der Waals surface area contributed by atoms with Gasteiger partial charge in [-0.25, -0.2) is 4.68 Å². The average Bonchev–Trinajstić information content (AvgIpc) is 2.97. The van der Waals surface area contributed by atoms with Gasteiger partial charge in [-0.1, -0.05) is 35.4 Å². The van der Waals surface area contributed by atoms with E-state index in [-0.39, 0.29) is 30.4 Å². The van der Waals surface area contributed by atoms with Crippen LogP contribution in [0.25, 0.3) is 5.69 Å². The van der Waals surface area contributed by atoms with Gasteiger partial charge in [0, 0.05) is 12.1 Å². The Bertz CT molecular complexity index is 810. The first-order valence-corrected chi connectivity index (χ1v) is 9.66. The number of amides is 1. The Hall–Kier alpha value is -1.63. The van der Waals surface area contributed by atoms with Gasteiger partial charge in [-0.15, -0.1) is 17.5 Å². The van der Waals surface area contributed by atoms with E-state index in [0.717, 1.165) is 31.4 Å². The zero-order valence-electron chi connectivity index (χ0n) is 15.3. The van der Waals surface area contributed by atoms with Gasteiger partial charge in [-0.3, -0.25) is 4.79 Å². The molecule has 2 fully saturated rings. The quantitative estimate of drug-likeness (QED) is 0.813. The van der Waals surface area contributed by atoms with Crippen LogP contribution in [0.5, 0.6) is 0 Å². The van der Waals surface area contributed by atoms with Crippen LogP contribution in [-0.2, 0) is 0 Å². The van der Waals surface area contributed by atoms with E-state index in [9.17, 15) is 4.79 Å². The van der Waals surface area contributed by atoms with Crippen LogP contribution in [0.2, 0.25) is 5.02 Å². The maximum absolute atomic E-state index is 12.9. The highest BCUT2D eigenvalue weighted by atomic mass is 35.5. The van der Waals surface area contributed by atoms with E-state index >= 15 is 0 Å². The minimum atomic E-state index is -0.154. The highest BCUT2D eigenvalue weighted by Crippen LogP contribution is 2.39. The summed E-state index contributed by atoms with van der Waals surface area (Å²) in [5.41, 5.74) is 7.95. The van der Waals surface area contributed by atoms with Crippen molar-refractivity contribution in [1.82, 2.24) is 20.3 Å². The predicted molar refractivity (Wildman–Crippen MR) is 108 cm³/mol. The molecule has 1 aromatic carbocycles. The molecule has 2 saturated carbocycles. The number of carbonyl (C=O) groups is 1. The maximum Gasteiger partial charge on any atom is 0.274 e. The molecule has 1 amide bonds. The number of nitrogens with zero attached hydrogens (tertiary/aromatic N) is 3. The second kappa shape index (κ2) is 8.17. The molecule has 8 heteroatoms. The molecule has 6 nitrogen and oxygen atoms in total. The summed E-state index contributed by atoms with van der Waals surface area (Å²) in [6, 6.07) is 7.86. The van der Waals surface area contributed by atoms with Crippen LogP contribution in [0.4, 0.5) is 0 Å². The van der Waals surface area contributed by atoms with Gasteiger partial charge in [-0.05, 0) is 56.6 Å². The zero-order chi connectivity index (χ0) is 18.3. The van der Waals surface area contributed by atoms with E-state index < -0.39 is 0 Å². The first kappa shape index (κ1) is 20.1. The molecule has 2 aliphatic rings. The summed E-state index contributed by atoms with van der Waals surface area (Å²) in [7, 11) is 0. The Labute approximate surface area is 170 Å². The highest BCUT2D eigenvalue weighted by molar-refractivity contribution is 6.32. The summed E-state index contributed by atoms with van der Waals surface area (Å²) in [6.07, 6.45) is 5.50. The standard InChI is InChI=1S/C19H24ClN5O.ClH/c1-11-17(23-24-25(11)16-8-3-2-7-15(16)20)19(26)22-18-12-5-4-6-13(18)10-14(21)9-12;/h2-3,7-8,12-14,18H,4-6,9-10,21H2,1H3,(H,22,26);1H. The lowest BCUT2D eigenvalue weighted by molar-refractivity contribution is 0.0751. The summed E-state index contributed by atoms with van der Waals surface area (Å²) in [6.45, 7) is 1.84. The first-order chi connectivity index (χ1) is 12.5. The molecule has 3 N–H and O–H groups in total. The normalized spacial score (nSPS) is 26.9. The lowest BCUT2D eigenvalue weighted by Gasteiger charge is -2.45. The Morgan fingerprint density at radius 1 is 1.26 bits per heavy atom. The molecule has 1 heterocycles. The maximum atomic E-state index is 12.9. The van der Waals surface area contributed by atoms with Crippen LogP contribution >= 0.6 is 24.0 Å². The highest BCUT2D eigenvalue weighted by Gasteiger charge is 2.40. The number of hydrogen-bond acceptors (Lipinski definition) is 4. The minimum Gasteiger partial charge on any atom is -0.347 e. The van der Waals surface area contributed by atoms with E-state index in [1.165, 1.54) is 6.42 Å². The second-order valence-electron chi connectivity index (χ2n) is 7.57. The number of para-hydroxylation sites is 1. The third-order valence-electron chi connectivity index (χ3n) is 5.86. The van der Waals surface area contributed by atoms with E-state index in [2.05, 4.69) is 15.6 Å². The van der Waals surface area contributed by atoms with Crippen molar-refractivity contribution in [3.63, 3.8) is 0 Å².